The van der Waals surface area contributed by atoms with Gasteiger partial charge in [-0.25, -0.2) is 9.97 Å². The second kappa shape index (κ2) is 4.33. The summed E-state index contributed by atoms with van der Waals surface area (Å²) in [5.74, 6) is 0.871. The van der Waals surface area contributed by atoms with Gasteiger partial charge in [0.2, 0.25) is 5.89 Å². The molecular formula is C12H9N5O. The topological polar surface area (TPSA) is 77.6 Å². The van der Waals surface area contributed by atoms with E-state index in [1.165, 1.54) is 6.33 Å². The third kappa shape index (κ3) is 1.84. The summed E-state index contributed by atoms with van der Waals surface area (Å²) in [6.45, 7) is 1.87. The Kier molecular flexibility index (Phi) is 2.53. The first-order chi connectivity index (χ1) is 8.84. The highest BCUT2D eigenvalue weighted by molar-refractivity contribution is 5.57. The van der Waals surface area contributed by atoms with Gasteiger partial charge in [0.05, 0.1) is 11.3 Å². The molecule has 0 spiro atoms. The van der Waals surface area contributed by atoms with Crippen LogP contribution in [0.3, 0.4) is 0 Å². The zero-order valence-corrected chi connectivity index (χ0v) is 9.61. The van der Waals surface area contributed by atoms with Crippen molar-refractivity contribution >= 4 is 0 Å². The maximum atomic E-state index is 5.61. The maximum Gasteiger partial charge on any atom is 0.251 e. The van der Waals surface area contributed by atoms with Gasteiger partial charge in [0, 0.05) is 24.2 Å². The normalized spacial score (nSPS) is 10.5. The molecule has 0 atom stereocenters. The van der Waals surface area contributed by atoms with Gasteiger partial charge in [-0.15, -0.1) is 10.2 Å². The molecule has 3 heterocycles. The molecule has 0 aliphatic heterocycles. The number of pyridine rings is 1. The molecule has 0 saturated carbocycles. The van der Waals surface area contributed by atoms with E-state index >= 15 is 0 Å². The van der Waals surface area contributed by atoms with E-state index in [2.05, 4.69) is 25.1 Å². The van der Waals surface area contributed by atoms with Crippen molar-refractivity contribution in [2.45, 2.75) is 6.92 Å². The summed E-state index contributed by atoms with van der Waals surface area (Å²) in [5.41, 5.74) is 2.37. The molecule has 0 amide bonds. The third-order valence-electron chi connectivity index (χ3n) is 2.49. The predicted molar refractivity (Wildman–Crippen MR) is 63.3 cm³/mol. The van der Waals surface area contributed by atoms with E-state index in [1.807, 2.05) is 19.1 Å². The highest BCUT2D eigenvalue weighted by Crippen LogP contribution is 2.23. The molecule has 6 heteroatoms. The van der Waals surface area contributed by atoms with Crippen molar-refractivity contribution in [3.8, 4) is 22.9 Å². The van der Waals surface area contributed by atoms with E-state index in [1.54, 1.807) is 18.6 Å². The Bertz CT molecular complexity index is 665. The summed E-state index contributed by atoms with van der Waals surface area (Å²) < 4.78 is 5.61. The van der Waals surface area contributed by atoms with E-state index < -0.39 is 0 Å². The van der Waals surface area contributed by atoms with Crippen molar-refractivity contribution in [2.75, 3.05) is 0 Å². The molecule has 88 valence electrons. The van der Waals surface area contributed by atoms with Gasteiger partial charge in [-0.05, 0) is 19.1 Å². The minimum atomic E-state index is 0.417. The molecule has 0 saturated heterocycles. The van der Waals surface area contributed by atoms with Crippen LogP contribution in [-0.4, -0.2) is 25.1 Å². The molecule has 0 aliphatic rings. The summed E-state index contributed by atoms with van der Waals surface area (Å²) in [4.78, 5) is 12.0. The van der Waals surface area contributed by atoms with Gasteiger partial charge in [0.25, 0.3) is 5.89 Å². The molecule has 0 aliphatic carbocycles. The zero-order valence-electron chi connectivity index (χ0n) is 9.61. The van der Waals surface area contributed by atoms with Gasteiger partial charge in [-0.3, -0.25) is 4.98 Å². The first-order valence-corrected chi connectivity index (χ1v) is 5.35. The number of hydrogen-bond donors (Lipinski definition) is 0. The molecule has 3 aromatic rings. The monoisotopic (exact) mass is 239 g/mol. The van der Waals surface area contributed by atoms with Crippen molar-refractivity contribution < 1.29 is 4.42 Å². The van der Waals surface area contributed by atoms with Gasteiger partial charge in [0.1, 0.15) is 6.33 Å². The van der Waals surface area contributed by atoms with Crippen molar-refractivity contribution in [1.29, 1.82) is 0 Å². The number of aromatic nitrogens is 5. The maximum absolute atomic E-state index is 5.61. The Labute approximate surface area is 103 Å². The SMILES string of the molecule is Cc1ncncc1-c1nnc(-c2ccncc2)o1. The van der Waals surface area contributed by atoms with Crippen LogP contribution in [-0.2, 0) is 0 Å². The van der Waals surface area contributed by atoms with Crippen molar-refractivity contribution in [3.63, 3.8) is 0 Å². The lowest BCUT2D eigenvalue weighted by atomic mass is 10.2. The molecule has 0 bridgehead atoms. The Morgan fingerprint density at radius 2 is 1.78 bits per heavy atom. The molecule has 0 aromatic carbocycles. The quantitative estimate of drug-likeness (QED) is 0.679. The lowest BCUT2D eigenvalue weighted by Gasteiger charge is -1.97. The van der Waals surface area contributed by atoms with Gasteiger partial charge < -0.3 is 4.42 Å². The number of rotatable bonds is 2. The molecule has 6 nitrogen and oxygen atoms in total. The van der Waals surface area contributed by atoms with Crippen LogP contribution in [0, 0.1) is 6.92 Å². The molecule has 0 fully saturated rings. The highest BCUT2D eigenvalue weighted by Gasteiger charge is 2.12. The second-order valence-corrected chi connectivity index (χ2v) is 3.67. The molecule has 0 N–H and O–H groups in total. The zero-order chi connectivity index (χ0) is 12.4. The van der Waals surface area contributed by atoms with Crippen molar-refractivity contribution in [1.82, 2.24) is 25.1 Å². The fraction of sp³-hybridized carbons (Fsp3) is 0.0833. The number of hydrogen-bond acceptors (Lipinski definition) is 6. The lowest BCUT2D eigenvalue weighted by Crippen LogP contribution is -1.88. The highest BCUT2D eigenvalue weighted by atomic mass is 16.4. The third-order valence-corrected chi connectivity index (χ3v) is 2.49. The van der Waals surface area contributed by atoms with Crippen LogP contribution in [0.5, 0.6) is 0 Å². The predicted octanol–water partition coefficient (Wildman–Crippen LogP) is 1.90. The fourth-order valence-corrected chi connectivity index (χ4v) is 1.54. The van der Waals surface area contributed by atoms with Gasteiger partial charge in [0.15, 0.2) is 0 Å². The largest absolute Gasteiger partial charge is 0.416 e. The summed E-state index contributed by atoms with van der Waals surface area (Å²) in [6, 6.07) is 3.62. The van der Waals surface area contributed by atoms with Crippen LogP contribution in [0.4, 0.5) is 0 Å². The lowest BCUT2D eigenvalue weighted by molar-refractivity contribution is 0.583. The smallest absolute Gasteiger partial charge is 0.251 e. The Balaban J connectivity index is 2.03. The van der Waals surface area contributed by atoms with Gasteiger partial charge >= 0.3 is 0 Å². The van der Waals surface area contributed by atoms with Crippen molar-refractivity contribution in [3.05, 3.63) is 42.7 Å². The van der Waals surface area contributed by atoms with E-state index in [9.17, 15) is 0 Å². The number of nitrogens with zero attached hydrogens (tertiary/aromatic N) is 5. The van der Waals surface area contributed by atoms with E-state index in [0.29, 0.717) is 11.8 Å². The molecule has 3 rings (SSSR count). The van der Waals surface area contributed by atoms with E-state index in [0.717, 1.165) is 16.8 Å². The molecule has 0 unspecified atom stereocenters. The van der Waals surface area contributed by atoms with E-state index in [-0.39, 0.29) is 0 Å². The molecular weight excluding hydrogens is 230 g/mol. The second-order valence-electron chi connectivity index (χ2n) is 3.67. The van der Waals surface area contributed by atoms with Crippen LogP contribution in [0.15, 0.2) is 41.5 Å². The summed E-state index contributed by atoms with van der Waals surface area (Å²) >= 11 is 0. The summed E-state index contributed by atoms with van der Waals surface area (Å²) in [6.07, 6.45) is 6.50. The molecule has 0 radical (unpaired) electrons. The standard InChI is InChI=1S/C12H9N5O/c1-8-10(6-14-7-15-8)12-17-16-11(18-12)9-2-4-13-5-3-9/h2-7H,1H3. The summed E-state index contributed by atoms with van der Waals surface area (Å²) in [7, 11) is 0. The van der Waals surface area contributed by atoms with Crippen LogP contribution in [0.1, 0.15) is 5.69 Å². The van der Waals surface area contributed by atoms with Gasteiger partial charge in [-0.1, -0.05) is 0 Å². The van der Waals surface area contributed by atoms with E-state index in [4.69, 9.17) is 4.42 Å². The summed E-state index contributed by atoms with van der Waals surface area (Å²) in [5, 5.41) is 8.01. The molecule has 18 heavy (non-hydrogen) atoms. The van der Waals surface area contributed by atoms with Crippen LogP contribution in [0.25, 0.3) is 22.9 Å². The average Bonchev–Trinajstić information content (AvgIpc) is 2.90. The minimum absolute atomic E-state index is 0.417. The van der Waals surface area contributed by atoms with Gasteiger partial charge in [-0.2, -0.15) is 0 Å². The van der Waals surface area contributed by atoms with Crippen LogP contribution < -0.4 is 0 Å². The van der Waals surface area contributed by atoms with Crippen LogP contribution >= 0.6 is 0 Å². The Morgan fingerprint density at radius 1 is 1.00 bits per heavy atom. The first kappa shape index (κ1) is 10.5. The van der Waals surface area contributed by atoms with Crippen molar-refractivity contribution in [2.24, 2.45) is 0 Å². The average molecular weight is 239 g/mol. The van der Waals surface area contributed by atoms with Crippen LogP contribution in [0.2, 0.25) is 0 Å². The fourth-order valence-electron chi connectivity index (χ4n) is 1.54. The number of aryl methyl sites for hydroxylation is 1. The Morgan fingerprint density at radius 3 is 2.56 bits per heavy atom. The minimum Gasteiger partial charge on any atom is -0.416 e. The molecule has 3 aromatic heterocycles. The Hall–Kier alpha value is -2.63. The first-order valence-electron chi connectivity index (χ1n) is 5.35.